The van der Waals surface area contributed by atoms with Gasteiger partial charge in [-0.25, -0.2) is 8.42 Å². The lowest BCUT2D eigenvalue weighted by Gasteiger charge is -2.15. The first kappa shape index (κ1) is 18.4. The van der Waals surface area contributed by atoms with Crippen molar-refractivity contribution in [3.63, 3.8) is 0 Å². The van der Waals surface area contributed by atoms with Gasteiger partial charge in [0.2, 0.25) is 10.0 Å². The van der Waals surface area contributed by atoms with Crippen molar-refractivity contribution in [3.05, 3.63) is 29.8 Å². The van der Waals surface area contributed by atoms with Gasteiger partial charge in [0.1, 0.15) is 0 Å². The van der Waals surface area contributed by atoms with E-state index in [1.54, 1.807) is 31.2 Å². The van der Waals surface area contributed by atoms with Crippen molar-refractivity contribution in [3.8, 4) is 0 Å². The molecule has 7 heteroatoms. The highest BCUT2D eigenvalue weighted by Gasteiger charge is 2.16. The number of para-hydroxylation sites is 1. The fourth-order valence-corrected chi connectivity index (χ4v) is 3.17. The second-order valence-electron chi connectivity index (χ2n) is 5.14. The van der Waals surface area contributed by atoms with Crippen LogP contribution in [-0.2, 0) is 10.0 Å². The number of carbonyl (C=O) groups is 1. The van der Waals surface area contributed by atoms with E-state index in [1.165, 1.54) is 0 Å². The summed E-state index contributed by atoms with van der Waals surface area (Å²) in [4.78, 5) is 12.2. The Morgan fingerprint density at radius 3 is 2.55 bits per heavy atom. The van der Waals surface area contributed by atoms with E-state index in [1.807, 2.05) is 13.8 Å². The van der Waals surface area contributed by atoms with E-state index in [0.717, 1.165) is 6.54 Å². The van der Waals surface area contributed by atoms with E-state index in [-0.39, 0.29) is 17.7 Å². The highest BCUT2D eigenvalue weighted by molar-refractivity contribution is 7.92. The topological polar surface area (TPSA) is 87.3 Å². The summed E-state index contributed by atoms with van der Waals surface area (Å²) in [6.07, 6.45) is 0.518. The quantitative estimate of drug-likeness (QED) is 0.642. The summed E-state index contributed by atoms with van der Waals surface area (Å²) in [6.45, 7) is 7.06. The van der Waals surface area contributed by atoms with E-state index in [2.05, 4.69) is 15.4 Å². The van der Waals surface area contributed by atoms with E-state index in [0.29, 0.717) is 24.2 Å². The number of hydrogen-bond acceptors (Lipinski definition) is 4. The maximum atomic E-state index is 12.2. The zero-order chi connectivity index (χ0) is 16.6. The van der Waals surface area contributed by atoms with Gasteiger partial charge in [-0.1, -0.05) is 26.0 Å². The molecule has 0 saturated heterocycles. The van der Waals surface area contributed by atoms with Crippen molar-refractivity contribution in [2.45, 2.75) is 33.2 Å². The molecule has 1 amide bonds. The van der Waals surface area contributed by atoms with Gasteiger partial charge in [0.15, 0.2) is 0 Å². The van der Waals surface area contributed by atoms with Crippen molar-refractivity contribution >= 4 is 21.6 Å². The molecule has 6 nitrogen and oxygen atoms in total. The third kappa shape index (κ3) is 6.03. The maximum Gasteiger partial charge on any atom is 0.253 e. The lowest BCUT2D eigenvalue weighted by Crippen LogP contribution is -2.39. The van der Waals surface area contributed by atoms with E-state index < -0.39 is 10.0 Å². The van der Waals surface area contributed by atoms with Crippen molar-refractivity contribution in [2.75, 3.05) is 23.6 Å². The summed E-state index contributed by atoms with van der Waals surface area (Å²) >= 11 is 0. The molecule has 1 aromatic carbocycles. The molecule has 124 valence electrons. The number of benzene rings is 1. The molecular formula is C15H25N3O3S. The van der Waals surface area contributed by atoms with Crippen LogP contribution in [0.15, 0.2) is 24.3 Å². The van der Waals surface area contributed by atoms with Crippen LogP contribution in [0.2, 0.25) is 0 Å². The van der Waals surface area contributed by atoms with Gasteiger partial charge in [-0.2, -0.15) is 0 Å². The van der Waals surface area contributed by atoms with E-state index >= 15 is 0 Å². The van der Waals surface area contributed by atoms with Gasteiger partial charge in [-0.3, -0.25) is 9.52 Å². The zero-order valence-corrected chi connectivity index (χ0v) is 14.2. The van der Waals surface area contributed by atoms with Gasteiger partial charge in [-0.15, -0.1) is 0 Å². The minimum absolute atomic E-state index is 0.0282. The Labute approximate surface area is 132 Å². The number of anilines is 1. The summed E-state index contributed by atoms with van der Waals surface area (Å²) in [5.41, 5.74) is 0.635. The number of rotatable bonds is 9. The minimum Gasteiger partial charge on any atom is -0.350 e. The van der Waals surface area contributed by atoms with Gasteiger partial charge in [0.05, 0.1) is 17.0 Å². The first-order valence-corrected chi connectivity index (χ1v) is 9.16. The summed E-state index contributed by atoms with van der Waals surface area (Å²) in [5, 5.41) is 6.00. The van der Waals surface area contributed by atoms with Crippen molar-refractivity contribution in [1.29, 1.82) is 0 Å². The van der Waals surface area contributed by atoms with E-state index in [9.17, 15) is 13.2 Å². The molecule has 0 saturated carbocycles. The molecule has 0 heterocycles. The molecule has 22 heavy (non-hydrogen) atoms. The third-order valence-electron chi connectivity index (χ3n) is 3.03. The molecule has 0 spiro atoms. The average molecular weight is 327 g/mol. The molecule has 0 radical (unpaired) electrons. The number of likely N-dealkylation sites (N-methyl/N-ethyl adjacent to an activating group) is 1. The monoisotopic (exact) mass is 327 g/mol. The van der Waals surface area contributed by atoms with E-state index in [4.69, 9.17) is 0 Å². The molecule has 0 bridgehead atoms. The first-order valence-electron chi connectivity index (χ1n) is 7.50. The van der Waals surface area contributed by atoms with Crippen molar-refractivity contribution < 1.29 is 13.2 Å². The molecule has 0 aliphatic rings. The molecule has 0 fully saturated rings. The smallest absolute Gasteiger partial charge is 0.253 e. The van der Waals surface area contributed by atoms with Crippen LogP contribution in [0.1, 0.15) is 37.6 Å². The Morgan fingerprint density at radius 2 is 1.91 bits per heavy atom. The maximum absolute atomic E-state index is 12.2. The van der Waals surface area contributed by atoms with Gasteiger partial charge >= 0.3 is 0 Å². The molecule has 0 aromatic heterocycles. The SMILES string of the molecule is CCCS(=O)(=O)Nc1ccccc1C(=O)NC[C@@H](C)NCC. The lowest BCUT2D eigenvalue weighted by molar-refractivity contribution is 0.0951. The Hall–Kier alpha value is -1.60. The molecule has 1 atom stereocenters. The van der Waals surface area contributed by atoms with Gasteiger partial charge < -0.3 is 10.6 Å². The fraction of sp³-hybridized carbons (Fsp3) is 0.533. The predicted molar refractivity (Wildman–Crippen MR) is 89.6 cm³/mol. The fourth-order valence-electron chi connectivity index (χ4n) is 2.02. The van der Waals surface area contributed by atoms with Crippen LogP contribution in [0.5, 0.6) is 0 Å². The van der Waals surface area contributed by atoms with Gasteiger partial charge in [0, 0.05) is 12.6 Å². The Balaban J connectivity index is 2.81. The summed E-state index contributed by atoms with van der Waals surface area (Å²) in [6, 6.07) is 6.76. The molecule has 1 aromatic rings. The van der Waals surface area contributed by atoms with Crippen LogP contribution in [0.4, 0.5) is 5.69 Å². The molecule has 0 aliphatic carbocycles. The highest BCUT2D eigenvalue weighted by atomic mass is 32.2. The summed E-state index contributed by atoms with van der Waals surface area (Å²) in [7, 11) is -3.42. The zero-order valence-electron chi connectivity index (χ0n) is 13.3. The number of sulfonamides is 1. The predicted octanol–water partition coefficient (Wildman–Crippen LogP) is 1.57. The largest absolute Gasteiger partial charge is 0.350 e. The van der Waals surface area contributed by atoms with Crippen molar-refractivity contribution in [2.24, 2.45) is 0 Å². The Morgan fingerprint density at radius 1 is 1.23 bits per heavy atom. The van der Waals surface area contributed by atoms with Crippen molar-refractivity contribution in [1.82, 2.24) is 10.6 Å². The number of hydrogen-bond donors (Lipinski definition) is 3. The molecule has 0 unspecified atom stereocenters. The van der Waals surface area contributed by atoms with Crippen LogP contribution in [0.25, 0.3) is 0 Å². The van der Waals surface area contributed by atoms with Gasteiger partial charge in [0.25, 0.3) is 5.91 Å². The normalized spacial score (nSPS) is 12.7. The molecule has 1 rings (SSSR count). The lowest BCUT2D eigenvalue weighted by atomic mass is 10.1. The van der Waals surface area contributed by atoms with Crippen LogP contribution >= 0.6 is 0 Å². The van der Waals surface area contributed by atoms with Crippen LogP contribution in [0, 0.1) is 0 Å². The number of nitrogens with one attached hydrogen (secondary N) is 3. The number of amides is 1. The first-order chi connectivity index (χ1) is 10.4. The summed E-state index contributed by atoms with van der Waals surface area (Å²) < 4.78 is 26.2. The van der Waals surface area contributed by atoms with Crippen LogP contribution < -0.4 is 15.4 Å². The molecule has 0 aliphatic heterocycles. The second kappa shape index (κ2) is 8.75. The minimum atomic E-state index is -3.42. The molecule has 3 N–H and O–H groups in total. The van der Waals surface area contributed by atoms with Gasteiger partial charge in [-0.05, 0) is 32.0 Å². The average Bonchev–Trinajstić information content (AvgIpc) is 2.45. The van der Waals surface area contributed by atoms with Crippen LogP contribution in [-0.4, -0.2) is 39.2 Å². The standard InChI is InChI=1S/C15H25N3O3S/c1-4-10-22(20,21)18-14-9-7-6-8-13(14)15(19)17-11-12(3)16-5-2/h6-9,12,16,18H,4-5,10-11H2,1-3H3,(H,17,19)/t12-/m1/s1. The highest BCUT2D eigenvalue weighted by Crippen LogP contribution is 2.16. The van der Waals surface area contributed by atoms with Crippen LogP contribution in [0.3, 0.4) is 0 Å². The second-order valence-corrected chi connectivity index (χ2v) is 6.98. The molecular weight excluding hydrogens is 302 g/mol. The summed E-state index contributed by atoms with van der Waals surface area (Å²) in [5.74, 6) is -0.264. The number of carbonyl (C=O) groups excluding carboxylic acids is 1. The third-order valence-corrected chi connectivity index (χ3v) is 4.51. The Kier molecular flexibility index (Phi) is 7.34. The Bertz CT molecular complexity index is 587.